The summed E-state index contributed by atoms with van der Waals surface area (Å²) in [5.74, 6) is -0.101. The first kappa shape index (κ1) is 29.6. The Kier molecular flexibility index (Phi) is 9.26. The largest absolute Gasteiger partial charge is 0.486 e. The number of hydrogen-bond donors (Lipinski definition) is 2. The van der Waals surface area contributed by atoms with Crippen molar-refractivity contribution in [2.24, 2.45) is 0 Å². The number of fused-ring (bicyclic) bond motifs is 1. The highest BCUT2D eigenvalue weighted by Crippen LogP contribution is 2.35. The number of benzene rings is 3. The van der Waals surface area contributed by atoms with Crippen LogP contribution in [0.5, 0.6) is 5.75 Å². The second-order valence-electron chi connectivity index (χ2n) is 9.32. The predicted octanol–water partition coefficient (Wildman–Crippen LogP) is 5.31. The highest BCUT2D eigenvalue weighted by atomic mass is 35.5. The number of amides is 4. The van der Waals surface area contributed by atoms with Crippen LogP contribution >= 0.6 is 23.2 Å². The Bertz CT molecular complexity index is 1630. The molecule has 0 spiro atoms. The summed E-state index contributed by atoms with van der Waals surface area (Å²) in [7, 11) is 4.82. The second-order valence-corrected chi connectivity index (χ2v) is 10.1. The summed E-state index contributed by atoms with van der Waals surface area (Å²) in [6.45, 7) is 1.56. The van der Waals surface area contributed by atoms with Gasteiger partial charge < -0.3 is 25.2 Å². The molecule has 4 aromatic rings. The van der Waals surface area contributed by atoms with Crippen LogP contribution in [0.1, 0.15) is 21.6 Å². The molecular weight excluding hydrogens is 567 g/mol. The molecule has 0 fully saturated rings. The van der Waals surface area contributed by atoms with Gasteiger partial charge in [-0.1, -0.05) is 35.3 Å². The number of likely N-dealkylation sites (N-methyl/N-ethyl adjacent to an activating group) is 1. The van der Waals surface area contributed by atoms with Gasteiger partial charge in [0.2, 0.25) is 5.91 Å². The fourth-order valence-electron chi connectivity index (χ4n) is 3.91. The van der Waals surface area contributed by atoms with E-state index in [2.05, 4.69) is 20.6 Å². The van der Waals surface area contributed by atoms with Crippen LogP contribution in [0.15, 0.2) is 60.8 Å². The zero-order valence-electron chi connectivity index (χ0n) is 22.9. The van der Waals surface area contributed by atoms with Crippen molar-refractivity contribution in [1.82, 2.24) is 20.2 Å². The number of anilines is 2. The van der Waals surface area contributed by atoms with Crippen molar-refractivity contribution in [2.75, 3.05) is 37.9 Å². The molecule has 0 unspecified atom stereocenters. The molecule has 10 nitrogen and oxygen atoms in total. The Labute approximate surface area is 247 Å². The quantitative estimate of drug-likeness (QED) is 0.285. The van der Waals surface area contributed by atoms with Crippen LogP contribution in [0.2, 0.25) is 10.0 Å². The van der Waals surface area contributed by atoms with Crippen LogP contribution in [0.4, 0.5) is 16.2 Å². The number of urea groups is 1. The van der Waals surface area contributed by atoms with Crippen LogP contribution in [-0.2, 0) is 11.4 Å². The van der Waals surface area contributed by atoms with Crippen LogP contribution in [-0.4, -0.2) is 60.4 Å². The standard InChI is InChI=1S/C29H28Cl2N6O4/c1-17-14-32-22-9-6-10-24(27(22)34-17)41-16-20-21(30)11-12-23(26(20)31)37(4)25(38)15-33-29(40)35-19-8-5-7-18(13-19)28(39)36(2)3/h5-14H,15-16H2,1-4H3,(H2,33,35,40). The van der Waals surface area contributed by atoms with E-state index in [-0.39, 0.29) is 24.1 Å². The number of para-hydroxylation sites is 1. The molecule has 0 atom stereocenters. The lowest BCUT2D eigenvalue weighted by atomic mass is 10.2. The van der Waals surface area contributed by atoms with Crippen molar-refractivity contribution >= 4 is 63.5 Å². The fourth-order valence-corrected chi connectivity index (χ4v) is 4.52. The lowest BCUT2D eigenvalue weighted by Gasteiger charge is -2.21. The number of halogens is 2. The number of rotatable bonds is 8. The summed E-state index contributed by atoms with van der Waals surface area (Å²) < 4.78 is 6.03. The van der Waals surface area contributed by atoms with Gasteiger partial charge in [0.05, 0.1) is 28.5 Å². The average Bonchev–Trinajstić information content (AvgIpc) is 2.95. The Morgan fingerprint density at radius 2 is 1.76 bits per heavy atom. The molecule has 212 valence electrons. The van der Waals surface area contributed by atoms with E-state index in [9.17, 15) is 14.4 Å². The van der Waals surface area contributed by atoms with Crippen LogP contribution in [0.3, 0.4) is 0 Å². The SMILES string of the molecule is Cc1cnc2cccc(OCc3c(Cl)ccc(N(C)C(=O)CNC(=O)Nc4cccc(C(=O)N(C)C)c4)c3Cl)c2n1. The van der Waals surface area contributed by atoms with Crippen LogP contribution in [0.25, 0.3) is 11.0 Å². The molecule has 12 heteroatoms. The third kappa shape index (κ3) is 7.03. The van der Waals surface area contributed by atoms with Gasteiger partial charge in [-0.15, -0.1) is 0 Å². The van der Waals surface area contributed by atoms with E-state index in [1.54, 1.807) is 69.8 Å². The van der Waals surface area contributed by atoms with E-state index in [0.29, 0.717) is 44.3 Å². The zero-order chi connectivity index (χ0) is 29.7. The van der Waals surface area contributed by atoms with Gasteiger partial charge in [-0.05, 0) is 49.4 Å². The number of aryl methyl sites for hydroxylation is 1. The van der Waals surface area contributed by atoms with Gasteiger partial charge in [0, 0.05) is 49.2 Å². The highest BCUT2D eigenvalue weighted by Gasteiger charge is 2.20. The summed E-state index contributed by atoms with van der Waals surface area (Å²) in [5, 5.41) is 5.76. The predicted molar refractivity (Wildman–Crippen MR) is 160 cm³/mol. The molecule has 2 N–H and O–H groups in total. The van der Waals surface area contributed by atoms with E-state index in [0.717, 1.165) is 5.69 Å². The third-order valence-electron chi connectivity index (χ3n) is 6.10. The number of aromatic nitrogens is 2. The first-order chi connectivity index (χ1) is 19.5. The first-order valence-corrected chi connectivity index (χ1v) is 13.3. The molecule has 1 heterocycles. The molecule has 4 rings (SSSR count). The molecule has 0 saturated heterocycles. The lowest BCUT2D eigenvalue weighted by molar-refractivity contribution is -0.117. The van der Waals surface area contributed by atoms with E-state index >= 15 is 0 Å². The van der Waals surface area contributed by atoms with Crippen LogP contribution in [0, 0.1) is 6.92 Å². The maximum atomic E-state index is 12.9. The third-order valence-corrected chi connectivity index (χ3v) is 6.88. The highest BCUT2D eigenvalue weighted by molar-refractivity contribution is 6.38. The van der Waals surface area contributed by atoms with Crippen molar-refractivity contribution < 1.29 is 19.1 Å². The monoisotopic (exact) mass is 594 g/mol. The van der Waals surface area contributed by atoms with E-state index < -0.39 is 11.9 Å². The van der Waals surface area contributed by atoms with Gasteiger partial charge in [-0.25, -0.2) is 9.78 Å². The maximum absolute atomic E-state index is 12.9. The summed E-state index contributed by atoms with van der Waals surface area (Å²) in [6.07, 6.45) is 1.68. The molecule has 4 amide bonds. The molecule has 0 aliphatic carbocycles. The Balaban J connectivity index is 1.41. The number of carbonyl (C=O) groups is 3. The number of ether oxygens (including phenoxy) is 1. The Hall–Kier alpha value is -4.41. The van der Waals surface area contributed by atoms with Gasteiger partial charge in [0.1, 0.15) is 17.9 Å². The molecule has 0 saturated carbocycles. The molecule has 41 heavy (non-hydrogen) atoms. The summed E-state index contributed by atoms with van der Waals surface area (Å²) in [5.41, 5.74) is 3.77. The molecular formula is C29H28Cl2N6O4. The zero-order valence-corrected chi connectivity index (χ0v) is 24.4. The smallest absolute Gasteiger partial charge is 0.319 e. The molecule has 0 radical (unpaired) electrons. The average molecular weight is 595 g/mol. The molecule has 0 aliphatic rings. The van der Waals surface area contributed by atoms with Crippen molar-refractivity contribution in [3.63, 3.8) is 0 Å². The minimum atomic E-state index is -0.606. The summed E-state index contributed by atoms with van der Waals surface area (Å²) in [4.78, 5) is 49.2. The number of nitrogens with zero attached hydrogens (tertiary/aromatic N) is 4. The molecule has 0 bridgehead atoms. The van der Waals surface area contributed by atoms with Crippen molar-refractivity contribution in [1.29, 1.82) is 0 Å². The Morgan fingerprint density at radius 1 is 1.00 bits per heavy atom. The number of nitrogens with one attached hydrogen (secondary N) is 2. The van der Waals surface area contributed by atoms with Crippen molar-refractivity contribution in [3.05, 3.63) is 87.7 Å². The van der Waals surface area contributed by atoms with E-state index in [4.69, 9.17) is 27.9 Å². The molecule has 3 aromatic carbocycles. The van der Waals surface area contributed by atoms with Crippen molar-refractivity contribution in [3.8, 4) is 5.75 Å². The normalized spacial score (nSPS) is 10.7. The van der Waals surface area contributed by atoms with Gasteiger partial charge >= 0.3 is 6.03 Å². The van der Waals surface area contributed by atoms with Crippen LogP contribution < -0.4 is 20.3 Å². The van der Waals surface area contributed by atoms with Crippen molar-refractivity contribution in [2.45, 2.75) is 13.5 Å². The summed E-state index contributed by atoms with van der Waals surface area (Å²) >= 11 is 13.1. The second kappa shape index (κ2) is 12.8. The first-order valence-electron chi connectivity index (χ1n) is 12.5. The van der Waals surface area contributed by atoms with Gasteiger partial charge in [-0.3, -0.25) is 14.6 Å². The fraction of sp³-hybridized carbons (Fsp3) is 0.207. The summed E-state index contributed by atoms with van der Waals surface area (Å²) in [6, 6.07) is 14.6. The van der Waals surface area contributed by atoms with Gasteiger partial charge in [-0.2, -0.15) is 0 Å². The minimum absolute atomic E-state index is 0.0261. The topological polar surface area (TPSA) is 117 Å². The maximum Gasteiger partial charge on any atom is 0.319 e. The number of carbonyl (C=O) groups excluding carboxylic acids is 3. The van der Waals surface area contributed by atoms with Gasteiger partial charge in [0.25, 0.3) is 5.91 Å². The van der Waals surface area contributed by atoms with Gasteiger partial charge in [0.15, 0.2) is 0 Å². The number of hydrogen-bond acceptors (Lipinski definition) is 6. The lowest BCUT2D eigenvalue weighted by Crippen LogP contribution is -2.40. The molecule has 1 aromatic heterocycles. The Morgan fingerprint density at radius 3 is 2.51 bits per heavy atom. The van der Waals surface area contributed by atoms with E-state index in [1.807, 2.05) is 19.1 Å². The minimum Gasteiger partial charge on any atom is -0.486 e. The molecule has 0 aliphatic heterocycles. The van der Waals surface area contributed by atoms with E-state index in [1.165, 1.54) is 9.80 Å².